The number of carbonyl (C=O) groups excluding carboxylic acids is 1. The monoisotopic (exact) mass is 264 g/mol. The molecule has 1 aromatic carbocycles. The lowest BCUT2D eigenvalue weighted by atomic mass is 9.78. The summed E-state index contributed by atoms with van der Waals surface area (Å²) in [7, 11) is 1.65. The average molecular weight is 264 g/mol. The zero-order chi connectivity index (χ0) is 13.9. The fraction of sp³-hybridized carbons (Fsp3) is 0.533. The van der Waals surface area contributed by atoms with E-state index >= 15 is 0 Å². The SMILES string of the molecule is CCOC(=O)C[C@@]1(O)CCc2c(cccc2OC)C1. The lowest BCUT2D eigenvalue weighted by molar-refractivity contribution is -0.149. The predicted molar refractivity (Wildman–Crippen MR) is 71.2 cm³/mol. The summed E-state index contributed by atoms with van der Waals surface area (Å²) < 4.78 is 10.2. The minimum Gasteiger partial charge on any atom is -0.496 e. The van der Waals surface area contributed by atoms with Gasteiger partial charge in [0.1, 0.15) is 5.75 Å². The summed E-state index contributed by atoms with van der Waals surface area (Å²) >= 11 is 0. The number of hydrogen-bond acceptors (Lipinski definition) is 4. The number of carbonyl (C=O) groups is 1. The number of hydrogen-bond donors (Lipinski definition) is 1. The largest absolute Gasteiger partial charge is 0.496 e. The molecule has 0 aliphatic heterocycles. The molecule has 104 valence electrons. The number of rotatable bonds is 4. The van der Waals surface area contributed by atoms with Crippen LogP contribution in [0, 0.1) is 0 Å². The molecule has 0 fully saturated rings. The molecule has 1 aliphatic carbocycles. The highest BCUT2D eigenvalue weighted by Gasteiger charge is 2.35. The lowest BCUT2D eigenvalue weighted by Crippen LogP contribution is -2.38. The van der Waals surface area contributed by atoms with Gasteiger partial charge >= 0.3 is 5.97 Å². The van der Waals surface area contributed by atoms with Gasteiger partial charge in [-0.1, -0.05) is 12.1 Å². The van der Waals surface area contributed by atoms with Gasteiger partial charge in [0.05, 0.1) is 25.7 Å². The van der Waals surface area contributed by atoms with E-state index in [9.17, 15) is 9.90 Å². The Morgan fingerprint density at radius 3 is 2.95 bits per heavy atom. The molecule has 1 N–H and O–H groups in total. The van der Waals surface area contributed by atoms with Gasteiger partial charge < -0.3 is 14.6 Å². The zero-order valence-corrected chi connectivity index (χ0v) is 11.4. The molecule has 1 aliphatic rings. The highest BCUT2D eigenvalue weighted by molar-refractivity contribution is 5.71. The summed E-state index contributed by atoms with van der Waals surface area (Å²) in [6.45, 7) is 2.11. The van der Waals surface area contributed by atoms with E-state index in [1.165, 1.54) is 0 Å². The maximum Gasteiger partial charge on any atom is 0.308 e. The average Bonchev–Trinajstić information content (AvgIpc) is 2.37. The van der Waals surface area contributed by atoms with Crippen molar-refractivity contribution in [2.45, 2.75) is 38.2 Å². The molecule has 4 nitrogen and oxygen atoms in total. The predicted octanol–water partition coefficient (Wildman–Crippen LogP) is 1.87. The van der Waals surface area contributed by atoms with Crippen LogP contribution >= 0.6 is 0 Å². The van der Waals surface area contributed by atoms with Crippen LogP contribution in [-0.4, -0.2) is 30.4 Å². The number of fused-ring (bicyclic) bond motifs is 1. The third kappa shape index (κ3) is 3.07. The van der Waals surface area contributed by atoms with Crippen molar-refractivity contribution in [1.82, 2.24) is 0 Å². The summed E-state index contributed by atoms with van der Waals surface area (Å²) in [6, 6.07) is 5.81. The molecule has 0 saturated heterocycles. The Balaban J connectivity index is 2.15. The third-order valence-corrected chi connectivity index (χ3v) is 3.59. The van der Waals surface area contributed by atoms with E-state index in [-0.39, 0.29) is 12.4 Å². The van der Waals surface area contributed by atoms with Gasteiger partial charge in [0.25, 0.3) is 0 Å². The molecular formula is C15H20O4. The number of aliphatic hydroxyl groups is 1. The van der Waals surface area contributed by atoms with E-state index in [4.69, 9.17) is 9.47 Å². The second-order valence-corrected chi connectivity index (χ2v) is 4.98. The molecule has 0 amide bonds. The van der Waals surface area contributed by atoms with Crippen molar-refractivity contribution >= 4 is 5.97 Å². The molecule has 2 rings (SSSR count). The Morgan fingerprint density at radius 1 is 1.47 bits per heavy atom. The summed E-state index contributed by atoms with van der Waals surface area (Å²) in [6.07, 6.45) is 1.80. The zero-order valence-electron chi connectivity index (χ0n) is 11.4. The van der Waals surface area contributed by atoms with Gasteiger partial charge in [-0.3, -0.25) is 4.79 Å². The third-order valence-electron chi connectivity index (χ3n) is 3.59. The second kappa shape index (κ2) is 5.61. The fourth-order valence-corrected chi connectivity index (χ4v) is 2.68. The van der Waals surface area contributed by atoms with Crippen molar-refractivity contribution in [3.8, 4) is 5.75 Å². The van der Waals surface area contributed by atoms with Crippen molar-refractivity contribution in [2.24, 2.45) is 0 Å². The summed E-state index contributed by atoms with van der Waals surface area (Å²) in [4.78, 5) is 11.5. The van der Waals surface area contributed by atoms with E-state index in [2.05, 4.69) is 0 Å². The maximum absolute atomic E-state index is 11.5. The van der Waals surface area contributed by atoms with Gasteiger partial charge in [0.2, 0.25) is 0 Å². The Hall–Kier alpha value is -1.55. The first-order valence-corrected chi connectivity index (χ1v) is 6.61. The smallest absolute Gasteiger partial charge is 0.308 e. The molecule has 0 heterocycles. The first-order chi connectivity index (χ1) is 9.08. The van der Waals surface area contributed by atoms with Crippen LogP contribution in [-0.2, 0) is 22.4 Å². The Kier molecular flexibility index (Phi) is 4.10. The number of benzene rings is 1. The van der Waals surface area contributed by atoms with E-state index in [1.807, 2.05) is 18.2 Å². The van der Waals surface area contributed by atoms with Crippen LogP contribution in [0.25, 0.3) is 0 Å². The molecule has 0 spiro atoms. The van der Waals surface area contributed by atoms with Crippen LogP contribution < -0.4 is 4.74 Å². The van der Waals surface area contributed by atoms with E-state index in [0.29, 0.717) is 19.4 Å². The molecule has 4 heteroatoms. The number of ether oxygens (including phenoxy) is 2. The molecule has 1 aromatic rings. The molecule has 0 radical (unpaired) electrons. The van der Waals surface area contributed by atoms with Crippen molar-refractivity contribution in [3.63, 3.8) is 0 Å². The van der Waals surface area contributed by atoms with Gasteiger partial charge in [-0.15, -0.1) is 0 Å². The van der Waals surface area contributed by atoms with Gasteiger partial charge in [-0.2, -0.15) is 0 Å². The highest BCUT2D eigenvalue weighted by Crippen LogP contribution is 2.35. The Morgan fingerprint density at radius 2 is 2.26 bits per heavy atom. The molecule has 0 bridgehead atoms. The number of methoxy groups -OCH3 is 1. The van der Waals surface area contributed by atoms with E-state index in [0.717, 1.165) is 23.3 Å². The van der Waals surface area contributed by atoms with Crippen LogP contribution in [0.15, 0.2) is 18.2 Å². The maximum atomic E-state index is 11.5. The Labute approximate surface area is 113 Å². The standard InChI is InChI=1S/C15H20O4/c1-3-19-14(16)10-15(17)8-7-12-11(9-15)5-4-6-13(12)18-2/h4-6,17H,3,7-10H2,1-2H3/t15-/m1/s1. The molecular weight excluding hydrogens is 244 g/mol. The number of esters is 1. The van der Waals surface area contributed by atoms with Crippen LogP contribution in [0.5, 0.6) is 5.75 Å². The highest BCUT2D eigenvalue weighted by atomic mass is 16.5. The van der Waals surface area contributed by atoms with Crippen molar-refractivity contribution in [2.75, 3.05) is 13.7 Å². The summed E-state index contributed by atoms with van der Waals surface area (Å²) in [5.74, 6) is 0.520. The molecule has 1 atom stereocenters. The van der Waals surface area contributed by atoms with Crippen molar-refractivity contribution < 1.29 is 19.4 Å². The normalized spacial score (nSPS) is 21.6. The molecule has 0 aromatic heterocycles. The van der Waals surface area contributed by atoms with Crippen LogP contribution in [0.3, 0.4) is 0 Å². The van der Waals surface area contributed by atoms with Gasteiger partial charge in [-0.25, -0.2) is 0 Å². The topological polar surface area (TPSA) is 55.8 Å². The van der Waals surface area contributed by atoms with Gasteiger partial charge in [0.15, 0.2) is 0 Å². The summed E-state index contributed by atoms with van der Waals surface area (Å²) in [5, 5.41) is 10.5. The van der Waals surface area contributed by atoms with Crippen molar-refractivity contribution in [3.05, 3.63) is 29.3 Å². The molecule has 19 heavy (non-hydrogen) atoms. The van der Waals surface area contributed by atoms with Crippen molar-refractivity contribution in [1.29, 1.82) is 0 Å². The molecule has 0 unspecified atom stereocenters. The van der Waals surface area contributed by atoms with Gasteiger partial charge in [-0.05, 0) is 37.0 Å². The molecule has 0 saturated carbocycles. The minimum atomic E-state index is -0.994. The minimum absolute atomic E-state index is 0.0531. The van der Waals surface area contributed by atoms with Gasteiger partial charge in [0, 0.05) is 6.42 Å². The first kappa shape index (κ1) is 13.9. The van der Waals surface area contributed by atoms with Crippen LogP contribution in [0.1, 0.15) is 30.9 Å². The quantitative estimate of drug-likeness (QED) is 0.843. The fourth-order valence-electron chi connectivity index (χ4n) is 2.68. The van der Waals surface area contributed by atoms with Crippen LogP contribution in [0.4, 0.5) is 0 Å². The van der Waals surface area contributed by atoms with Crippen LogP contribution in [0.2, 0.25) is 0 Å². The second-order valence-electron chi connectivity index (χ2n) is 4.98. The van der Waals surface area contributed by atoms with E-state index in [1.54, 1.807) is 14.0 Å². The lowest BCUT2D eigenvalue weighted by Gasteiger charge is -2.33. The Bertz CT molecular complexity index is 469. The first-order valence-electron chi connectivity index (χ1n) is 6.61. The van der Waals surface area contributed by atoms with E-state index < -0.39 is 5.60 Å². The summed E-state index contributed by atoms with van der Waals surface area (Å²) in [5.41, 5.74) is 1.20.